The molecule has 0 fully saturated rings. The molecule has 6 nitrogen and oxygen atoms in total. The van der Waals surface area contributed by atoms with E-state index in [1.54, 1.807) is 20.2 Å². The number of hydrogen-bond acceptors (Lipinski definition) is 3. The van der Waals surface area contributed by atoms with Gasteiger partial charge in [0.2, 0.25) is 0 Å². The maximum Gasteiger partial charge on any atom is 0.317 e. The molecule has 1 rings (SSSR count). The summed E-state index contributed by atoms with van der Waals surface area (Å²) in [5.74, 6) is -1.49. The zero-order valence-corrected chi connectivity index (χ0v) is 11.2. The van der Waals surface area contributed by atoms with Gasteiger partial charge in [0.15, 0.2) is 0 Å². The van der Waals surface area contributed by atoms with Gasteiger partial charge in [-0.25, -0.2) is 4.79 Å². The van der Waals surface area contributed by atoms with Gasteiger partial charge in [-0.15, -0.1) is 0 Å². The van der Waals surface area contributed by atoms with E-state index in [0.29, 0.717) is 13.0 Å². The molecule has 0 radical (unpaired) electrons. The Hall–Kier alpha value is -2.11. The summed E-state index contributed by atoms with van der Waals surface area (Å²) < 4.78 is 0. The van der Waals surface area contributed by atoms with Crippen LogP contribution in [0.1, 0.15) is 12.6 Å². The number of hydrogen-bond donors (Lipinski definition) is 2. The van der Waals surface area contributed by atoms with E-state index >= 15 is 0 Å². The van der Waals surface area contributed by atoms with Crippen molar-refractivity contribution in [2.24, 2.45) is 5.92 Å². The fourth-order valence-corrected chi connectivity index (χ4v) is 1.55. The van der Waals surface area contributed by atoms with Gasteiger partial charge < -0.3 is 15.3 Å². The van der Waals surface area contributed by atoms with Gasteiger partial charge in [0.25, 0.3) is 0 Å². The molecule has 0 saturated heterocycles. The lowest BCUT2D eigenvalue weighted by molar-refractivity contribution is -0.141. The van der Waals surface area contributed by atoms with E-state index in [-0.39, 0.29) is 12.6 Å². The van der Waals surface area contributed by atoms with Crippen LogP contribution in [0.4, 0.5) is 4.79 Å². The van der Waals surface area contributed by atoms with Crippen LogP contribution in [0.5, 0.6) is 0 Å². The fourth-order valence-electron chi connectivity index (χ4n) is 1.55. The number of pyridine rings is 1. The Morgan fingerprint density at radius 1 is 1.47 bits per heavy atom. The largest absolute Gasteiger partial charge is 0.481 e. The number of rotatable bonds is 6. The zero-order chi connectivity index (χ0) is 14.3. The molecule has 1 heterocycles. The minimum Gasteiger partial charge on any atom is -0.481 e. The van der Waals surface area contributed by atoms with Crippen LogP contribution in [0.15, 0.2) is 24.4 Å². The summed E-state index contributed by atoms with van der Waals surface area (Å²) in [5.41, 5.74) is 0.907. The highest BCUT2D eigenvalue weighted by Crippen LogP contribution is 1.99. The standard InChI is InChI=1S/C13H19N3O3/c1-10(12(17)18)9-16(2)13(19)15-8-6-11-5-3-4-7-14-11/h3-5,7,10H,6,8-9H2,1-2H3,(H,15,19)(H,17,18). The summed E-state index contributed by atoms with van der Waals surface area (Å²) in [5, 5.41) is 11.5. The normalized spacial score (nSPS) is 11.7. The Morgan fingerprint density at radius 3 is 2.79 bits per heavy atom. The lowest BCUT2D eigenvalue weighted by atomic mass is 10.2. The molecule has 1 atom stereocenters. The lowest BCUT2D eigenvalue weighted by Crippen LogP contribution is -2.41. The maximum absolute atomic E-state index is 11.7. The predicted molar refractivity (Wildman–Crippen MR) is 70.8 cm³/mol. The molecule has 0 spiro atoms. The molecular formula is C13H19N3O3. The Balaban J connectivity index is 2.29. The van der Waals surface area contributed by atoms with Crippen LogP contribution in [0, 0.1) is 5.92 Å². The molecule has 0 saturated carbocycles. The van der Waals surface area contributed by atoms with Crippen LogP contribution < -0.4 is 5.32 Å². The van der Waals surface area contributed by atoms with E-state index in [1.165, 1.54) is 4.90 Å². The van der Waals surface area contributed by atoms with Crippen molar-refractivity contribution in [3.05, 3.63) is 30.1 Å². The van der Waals surface area contributed by atoms with Crippen molar-refractivity contribution in [2.45, 2.75) is 13.3 Å². The first-order valence-corrected chi connectivity index (χ1v) is 6.12. The van der Waals surface area contributed by atoms with Gasteiger partial charge in [-0.1, -0.05) is 13.0 Å². The fraction of sp³-hybridized carbons (Fsp3) is 0.462. The summed E-state index contributed by atoms with van der Waals surface area (Å²) in [6.45, 7) is 2.23. The topological polar surface area (TPSA) is 82.5 Å². The van der Waals surface area contributed by atoms with Gasteiger partial charge in [-0.2, -0.15) is 0 Å². The summed E-state index contributed by atoms with van der Waals surface area (Å²) >= 11 is 0. The second kappa shape index (κ2) is 7.35. The van der Waals surface area contributed by atoms with E-state index in [9.17, 15) is 9.59 Å². The number of urea groups is 1. The van der Waals surface area contributed by atoms with Gasteiger partial charge in [0, 0.05) is 38.4 Å². The highest BCUT2D eigenvalue weighted by atomic mass is 16.4. The first-order valence-electron chi connectivity index (χ1n) is 6.12. The van der Waals surface area contributed by atoms with Crippen molar-refractivity contribution < 1.29 is 14.7 Å². The number of nitrogens with zero attached hydrogens (tertiary/aromatic N) is 2. The quantitative estimate of drug-likeness (QED) is 0.803. The number of carboxylic acids is 1. The van der Waals surface area contributed by atoms with E-state index in [4.69, 9.17) is 5.11 Å². The third-order valence-corrected chi connectivity index (χ3v) is 2.70. The van der Waals surface area contributed by atoms with Crippen molar-refractivity contribution in [3.63, 3.8) is 0 Å². The molecule has 2 amide bonds. The van der Waals surface area contributed by atoms with Crippen molar-refractivity contribution in [1.82, 2.24) is 15.2 Å². The Morgan fingerprint density at radius 2 is 2.21 bits per heavy atom. The second-order valence-corrected chi connectivity index (χ2v) is 4.42. The molecule has 0 aliphatic heterocycles. The predicted octanol–water partition coefficient (Wildman–Crippen LogP) is 0.986. The summed E-state index contributed by atoms with van der Waals surface area (Å²) in [4.78, 5) is 27.9. The van der Waals surface area contributed by atoms with Gasteiger partial charge in [-0.3, -0.25) is 9.78 Å². The van der Waals surface area contributed by atoms with Crippen LogP contribution >= 0.6 is 0 Å². The second-order valence-electron chi connectivity index (χ2n) is 4.42. The van der Waals surface area contributed by atoms with Gasteiger partial charge in [-0.05, 0) is 12.1 Å². The van der Waals surface area contributed by atoms with Crippen molar-refractivity contribution in [2.75, 3.05) is 20.1 Å². The number of aromatic nitrogens is 1. The average Bonchev–Trinajstić information content (AvgIpc) is 2.39. The molecular weight excluding hydrogens is 246 g/mol. The summed E-state index contributed by atoms with van der Waals surface area (Å²) in [6.07, 6.45) is 2.35. The van der Waals surface area contributed by atoms with Crippen molar-refractivity contribution >= 4 is 12.0 Å². The number of amides is 2. The third-order valence-electron chi connectivity index (χ3n) is 2.70. The number of carboxylic acid groups (broad SMARTS) is 1. The Kier molecular flexibility index (Phi) is 5.78. The average molecular weight is 265 g/mol. The smallest absolute Gasteiger partial charge is 0.317 e. The molecule has 0 aliphatic rings. The molecule has 0 aliphatic carbocycles. The van der Waals surface area contributed by atoms with E-state index in [0.717, 1.165) is 5.69 Å². The van der Waals surface area contributed by atoms with Gasteiger partial charge >= 0.3 is 12.0 Å². The minimum absolute atomic E-state index is 0.185. The monoisotopic (exact) mass is 265 g/mol. The van der Waals surface area contributed by atoms with E-state index < -0.39 is 11.9 Å². The van der Waals surface area contributed by atoms with Crippen LogP contribution in [0.2, 0.25) is 0 Å². The van der Waals surface area contributed by atoms with Gasteiger partial charge in [0.1, 0.15) is 0 Å². The molecule has 104 valence electrons. The highest BCUT2D eigenvalue weighted by molar-refractivity contribution is 5.75. The molecule has 1 aromatic rings. The van der Waals surface area contributed by atoms with Crippen LogP contribution in [-0.2, 0) is 11.2 Å². The lowest BCUT2D eigenvalue weighted by Gasteiger charge is -2.19. The highest BCUT2D eigenvalue weighted by Gasteiger charge is 2.16. The first-order chi connectivity index (χ1) is 9.00. The molecule has 0 bridgehead atoms. The SMILES string of the molecule is CC(CN(C)C(=O)NCCc1ccccn1)C(=O)O. The summed E-state index contributed by atoms with van der Waals surface area (Å²) in [7, 11) is 1.58. The Labute approximate surface area is 112 Å². The van der Waals surface area contributed by atoms with Gasteiger partial charge in [0.05, 0.1) is 5.92 Å². The zero-order valence-electron chi connectivity index (χ0n) is 11.2. The summed E-state index contributed by atoms with van der Waals surface area (Å²) in [6, 6.07) is 5.35. The van der Waals surface area contributed by atoms with E-state index in [2.05, 4.69) is 10.3 Å². The van der Waals surface area contributed by atoms with Crippen LogP contribution in [-0.4, -0.2) is 47.1 Å². The first kappa shape index (κ1) is 14.9. The van der Waals surface area contributed by atoms with Crippen molar-refractivity contribution in [3.8, 4) is 0 Å². The minimum atomic E-state index is -0.909. The van der Waals surface area contributed by atoms with E-state index in [1.807, 2.05) is 18.2 Å². The van der Waals surface area contributed by atoms with Crippen LogP contribution in [0.25, 0.3) is 0 Å². The molecule has 19 heavy (non-hydrogen) atoms. The van der Waals surface area contributed by atoms with Crippen LogP contribution in [0.3, 0.4) is 0 Å². The molecule has 2 N–H and O–H groups in total. The molecule has 1 aromatic heterocycles. The number of carbonyl (C=O) groups is 2. The third kappa shape index (κ3) is 5.37. The molecule has 1 unspecified atom stereocenters. The van der Waals surface area contributed by atoms with Crippen molar-refractivity contribution in [1.29, 1.82) is 0 Å². The molecule has 6 heteroatoms. The maximum atomic E-state index is 11.7. The number of carbonyl (C=O) groups excluding carboxylic acids is 1. The molecule has 0 aromatic carbocycles. The Bertz CT molecular complexity index is 422. The number of aliphatic carboxylic acids is 1. The number of nitrogens with one attached hydrogen (secondary N) is 1.